The molecule has 0 saturated carbocycles. The van der Waals surface area contributed by atoms with Crippen molar-refractivity contribution in [3.8, 4) is 5.88 Å². The van der Waals surface area contributed by atoms with E-state index in [0.717, 1.165) is 17.4 Å². The molecule has 0 aliphatic carbocycles. The van der Waals surface area contributed by atoms with Gasteiger partial charge in [0.2, 0.25) is 11.8 Å². The van der Waals surface area contributed by atoms with Gasteiger partial charge in [-0.3, -0.25) is 0 Å². The SMILES string of the molecule is CCCNc1ncc(Br)c(OC(C)(C)C)n1. The number of halogens is 1. The van der Waals surface area contributed by atoms with Gasteiger partial charge in [0.15, 0.2) is 0 Å². The van der Waals surface area contributed by atoms with E-state index in [9.17, 15) is 0 Å². The Morgan fingerprint density at radius 2 is 2.12 bits per heavy atom. The van der Waals surface area contributed by atoms with Gasteiger partial charge in [0.1, 0.15) is 5.60 Å². The van der Waals surface area contributed by atoms with Gasteiger partial charge in [0, 0.05) is 6.54 Å². The van der Waals surface area contributed by atoms with Crippen LogP contribution in [0.4, 0.5) is 5.95 Å². The van der Waals surface area contributed by atoms with Crippen molar-refractivity contribution in [1.82, 2.24) is 9.97 Å². The third kappa shape index (κ3) is 4.35. The quantitative estimate of drug-likeness (QED) is 0.924. The summed E-state index contributed by atoms with van der Waals surface area (Å²) in [5, 5.41) is 3.12. The van der Waals surface area contributed by atoms with E-state index >= 15 is 0 Å². The summed E-state index contributed by atoms with van der Waals surface area (Å²) in [5.74, 6) is 1.17. The smallest absolute Gasteiger partial charge is 0.233 e. The Hall–Kier alpha value is -0.840. The van der Waals surface area contributed by atoms with Crippen LogP contribution in [0.1, 0.15) is 34.1 Å². The first-order valence-electron chi connectivity index (χ1n) is 5.38. The van der Waals surface area contributed by atoms with Crippen LogP contribution in [-0.4, -0.2) is 22.1 Å². The van der Waals surface area contributed by atoms with E-state index in [2.05, 4.69) is 38.1 Å². The molecular weight excluding hydrogens is 270 g/mol. The maximum atomic E-state index is 5.72. The Morgan fingerprint density at radius 3 is 2.69 bits per heavy atom. The summed E-state index contributed by atoms with van der Waals surface area (Å²) in [6.45, 7) is 8.91. The molecule has 0 atom stereocenters. The zero-order chi connectivity index (χ0) is 12.2. The number of hydrogen-bond acceptors (Lipinski definition) is 4. The second kappa shape index (κ2) is 5.48. The fourth-order valence-electron chi connectivity index (χ4n) is 1.04. The number of anilines is 1. The largest absolute Gasteiger partial charge is 0.471 e. The maximum absolute atomic E-state index is 5.72. The number of ether oxygens (including phenoxy) is 1. The molecule has 0 aromatic carbocycles. The number of aromatic nitrogens is 2. The van der Waals surface area contributed by atoms with Gasteiger partial charge in [-0.1, -0.05) is 6.92 Å². The first-order chi connectivity index (χ1) is 7.42. The van der Waals surface area contributed by atoms with Crippen molar-refractivity contribution in [2.45, 2.75) is 39.7 Å². The van der Waals surface area contributed by atoms with E-state index in [-0.39, 0.29) is 5.60 Å². The average Bonchev–Trinajstić information content (AvgIpc) is 2.17. The highest BCUT2D eigenvalue weighted by Gasteiger charge is 2.16. The van der Waals surface area contributed by atoms with E-state index in [1.54, 1.807) is 6.20 Å². The molecule has 4 nitrogen and oxygen atoms in total. The molecule has 90 valence electrons. The lowest BCUT2D eigenvalue weighted by molar-refractivity contribution is 0.123. The van der Waals surface area contributed by atoms with Crippen molar-refractivity contribution in [3.63, 3.8) is 0 Å². The van der Waals surface area contributed by atoms with E-state index in [0.29, 0.717) is 11.8 Å². The average molecular weight is 288 g/mol. The van der Waals surface area contributed by atoms with E-state index in [1.807, 2.05) is 20.8 Å². The standard InChI is InChI=1S/C11H18BrN3O/c1-5-6-13-10-14-7-8(12)9(15-10)16-11(2,3)4/h7H,5-6H2,1-4H3,(H,13,14,15). The number of rotatable bonds is 4. The Kier molecular flexibility index (Phi) is 4.53. The van der Waals surface area contributed by atoms with Crippen LogP contribution in [0.5, 0.6) is 5.88 Å². The van der Waals surface area contributed by atoms with Crippen molar-refractivity contribution < 1.29 is 4.74 Å². The van der Waals surface area contributed by atoms with Crippen LogP contribution in [0.25, 0.3) is 0 Å². The van der Waals surface area contributed by atoms with Crippen molar-refractivity contribution in [3.05, 3.63) is 10.7 Å². The van der Waals surface area contributed by atoms with Gasteiger partial charge in [-0.25, -0.2) is 4.98 Å². The van der Waals surface area contributed by atoms with E-state index in [1.165, 1.54) is 0 Å². The first-order valence-corrected chi connectivity index (χ1v) is 6.17. The molecule has 0 aliphatic heterocycles. The van der Waals surface area contributed by atoms with Gasteiger partial charge in [-0.15, -0.1) is 0 Å². The fourth-order valence-corrected chi connectivity index (χ4v) is 1.31. The van der Waals surface area contributed by atoms with Crippen molar-refractivity contribution in [1.29, 1.82) is 0 Å². The van der Waals surface area contributed by atoms with Crippen molar-refractivity contribution >= 4 is 21.9 Å². The molecule has 1 aromatic rings. The summed E-state index contributed by atoms with van der Waals surface area (Å²) in [7, 11) is 0. The molecular formula is C11H18BrN3O. The summed E-state index contributed by atoms with van der Waals surface area (Å²) in [5.41, 5.74) is -0.265. The van der Waals surface area contributed by atoms with Crippen LogP contribution in [0.3, 0.4) is 0 Å². The zero-order valence-corrected chi connectivity index (χ0v) is 11.8. The highest BCUT2D eigenvalue weighted by Crippen LogP contribution is 2.26. The van der Waals surface area contributed by atoms with Crippen molar-refractivity contribution in [2.24, 2.45) is 0 Å². The van der Waals surface area contributed by atoms with Gasteiger partial charge >= 0.3 is 0 Å². The second-order valence-electron chi connectivity index (χ2n) is 4.49. The molecule has 1 rings (SSSR count). The van der Waals surface area contributed by atoms with Crippen LogP contribution in [0, 0.1) is 0 Å². The lowest BCUT2D eigenvalue weighted by Crippen LogP contribution is -2.24. The lowest BCUT2D eigenvalue weighted by atomic mass is 10.2. The molecule has 0 radical (unpaired) electrons. The zero-order valence-electron chi connectivity index (χ0n) is 10.2. The molecule has 16 heavy (non-hydrogen) atoms. The highest BCUT2D eigenvalue weighted by molar-refractivity contribution is 9.10. The molecule has 0 amide bonds. The molecule has 1 aromatic heterocycles. The summed E-state index contributed by atoms with van der Waals surface area (Å²) >= 11 is 3.37. The summed E-state index contributed by atoms with van der Waals surface area (Å²) in [6.07, 6.45) is 2.74. The van der Waals surface area contributed by atoms with Crippen LogP contribution in [0.2, 0.25) is 0 Å². The monoisotopic (exact) mass is 287 g/mol. The van der Waals surface area contributed by atoms with Gasteiger partial charge < -0.3 is 10.1 Å². The van der Waals surface area contributed by atoms with Gasteiger partial charge in [0.25, 0.3) is 0 Å². The molecule has 0 unspecified atom stereocenters. The minimum Gasteiger partial charge on any atom is -0.471 e. The highest BCUT2D eigenvalue weighted by atomic mass is 79.9. The number of nitrogens with one attached hydrogen (secondary N) is 1. The van der Waals surface area contributed by atoms with E-state index < -0.39 is 0 Å². The molecule has 1 heterocycles. The molecule has 1 N–H and O–H groups in total. The first kappa shape index (κ1) is 13.2. The Labute approximate surface area is 105 Å². The number of hydrogen-bond donors (Lipinski definition) is 1. The number of nitrogens with zero attached hydrogens (tertiary/aromatic N) is 2. The second-order valence-corrected chi connectivity index (χ2v) is 5.34. The molecule has 0 spiro atoms. The predicted octanol–water partition coefficient (Wildman–Crippen LogP) is 3.24. The minimum absolute atomic E-state index is 0.265. The molecule has 5 heteroatoms. The molecule has 0 aliphatic rings. The Morgan fingerprint density at radius 1 is 1.44 bits per heavy atom. The van der Waals surface area contributed by atoms with Crippen molar-refractivity contribution in [2.75, 3.05) is 11.9 Å². The topological polar surface area (TPSA) is 47.0 Å². The summed E-state index contributed by atoms with van der Waals surface area (Å²) in [6, 6.07) is 0. The molecule has 0 bridgehead atoms. The third-order valence-corrected chi connectivity index (χ3v) is 2.19. The Balaban J connectivity index is 2.82. The summed E-state index contributed by atoms with van der Waals surface area (Å²) < 4.78 is 6.48. The van der Waals surface area contributed by atoms with Crippen LogP contribution in [-0.2, 0) is 0 Å². The van der Waals surface area contributed by atoms with Crippen LogP contribution >= 0.6 is 15.9 Å². The van der Waals surface area contributed by atoms with Gasteiger partial charge in [-0.2, -0.15) is 4.98 Å². The van der Waals surface area contributed by atoms with Crippen LogP contribution < -0.4 is 10.1 Å². The Bertz CT molecular complexity index is 350. The maximum Gasteiger partial charge on any atom is 0.233 e. The molecule has 0 saturated heterocycles. The predicted molar refractivity (Wildman–Crippen MR) is 68.9 cm³/mol. The van der Waals surface area contributed by atoms with Gasteiger partial charge in [0.05, 0.1) is 10.7 Å². The minimum atomic E-state index is -0.265. The van der Waals surface area contributed by atoms with E-state index in [4.69, 9.17) is 4.74 Å². The fraction of sp³-hybridized carbons (Fsp3) is 0.636. The van der Waals surface area contributed by atoms with Crippen LogP contribution in [0.15, 0.2) is 10.7 Å². The normalized spacial score (nSPS) is 11.3. The lowest BCUT2D eigenvalue weighted by Gasteiger charge is -2.21. The molecule has 0 fully saturated rings. The van der Waals surface area contributed by atoms with Gasteiger partial charge in [-0.05, 0) is 43.1 Å². The summed E-state index contributed by atoms with van der Waals surface area (Å²) in [4.78, 5) is 8.46. The third-order valence-electron chi connectivity index (χ3n) is 1.65.